The lowest BCUT2D eigenvalue weighted by Gasteiger charge is -2.05. The van der Waals surface area contributed by atoms with E-state index in [0.717, 1.165) is 11.1 Å². The van der Waals surface area contributed by atoms with Crippen molar-refractivity contribution in [3.8, 4) is 0 Å². The van der Waals surface area contributed by atoms with Crippen molar-refractivity contribution in [3.63, 3.8) is 0 Å². The second kappa shape index (κ2) is 5.97. The van der Waals surface area contributed by atoms with E-state index in [1.165, 1.54) is 6.07 Å². The summed E-state index contributed by atoms with van der Waals surface area (Å²) in [6.45, 7) is 0.870. The fourth-order valence-corrected chi connectivity index (χ4v) is 1.72. The lowest BCUT2D eigenvalue weighted by molar-refractivity contribution is -0.383. The molecule has 0 heterocycles. The molecule has 0 aromatic heterocycles. The summed E-state index contributed by atoms with van der Waals surface area (Å²) >= 11 is 0. The van der Waals surface area contributed by atoms with E-state index >= 15 is 0 Å². The molecule has 2 N–H and O–H groups in total. The van der Waals surface area contributed by atoms with E-state index in [-0.39, 0.29) is 11.4 Å². The summed E-state index contributed by atoms with van der Waals surface area (Å²) < 4.78 is 5.54. The average molecular weight is 258 g/mol. The van der Waals surface area contributed by atoms with Crippen LogP contribution in [-0.4, -0.2) is 4.92 Å². The fourth-order valence-electron chi connectivity index (χ4n) is 1.72. The number of nitrogens with two attached hydrogens (primary N) is 1. The Labute approximate surface area is 110 Å². The minimum atomic E-state index is -0.496. The van der Waals surface area contributed by atoms with Crippen LogP contribution in [-0.2, 0) is 18.0 Å². The van der Waals surface area contributed by atoms with Gasteiger partial charge in [-0.25, -0.2) is 0 Å². The van der Waals surface area contributed by atoms with Gasteiger partial charge in [0, 0.05) is 6.07 Å². The number of anilines is 1. The SMILES string of the molecule is Nc1cc(COCc2ccccc2)ccc1[N+](=O)[O-]. The number of rotatable bonds is 5. The molecule has 0 bridgehead atoms. The van der Waals surface area contributed by atoms with Gasteiger partial charge in [-0.3, -0.25) is 10.1 Å². The Morgan fingerprint density at radius 2 is 1.74 bits per heavy atom. The van der Waals surface area contributed by atoms with Crippen LogP contribution in [0.5, 0.6) is 0 Å². The molecule has 0 fully saturated rings. The zero-order valence-electron chi connectivity index (χ0n) is 10.3. The third-order valence-corrected chi connectivity index (χ3v) is 2.67. The molecule has 2 aromatic rings. The Kier molecular flexibility index (Phi) is 4.10. The van der Waals surface area contributed by atoms with Gasteiger partial charge in [-0.1, -0.05) is 30.3 Å². The second-order valence-electron chi connectivity index (χ2n) is 4.13. The molecule has 2 rings (SSSR count). The maximum absolute atomic E-state index is 10.6. The van der Waals surface area contributed by atoms with Gasteiger partial charge in [0.15, 0.2) is 0 Å². The Morgan fingerprint density at radius 1 is 1.05 bits per heavy atom. The van der Waals surface area contributed by atoms with Crippen molar-refractivity contribution in [3.05, 3.63) is 69.8 Å². The van der Waals surface area contributed by atoms with Crippen molar-refractivity contribution in [1.29, 1.82) is 0 Å². The maximum Gasteiger partial charge on any atom is 0.292 e. The van der Waals surface area contributed by atoms with Gasteiger partial charge in [-0.2, -0.15) is 0 Å². The summed E-state index contributed by atoms with van der Waals surface area (Å²) in [5.74, 6) is 0. The monoisotopic (exact) mass is 258 g/mol. The van der Waals surface area contributed by atoms with Gasteiger partial charge in [0.25, 0.3) is 5.69 Å². The van der Waals surface area contributed by atoms with Crippen LogP contribution in [0.2, 0.25) is 0 Å². The topological polar surface area (TPSA) is 78.4 Å². The first-order valence-electron chi connectivity index (χ1n) is 5.81. The standard InChI is InChI=1S/C14H14N2O3/c15-13-8-12(6-7-14(13)16(17)18)10-19-9-11-4-2-1-3-5-11/h1-8H,9-10,15H2. The lowest BCUT2D eigenvalue weighted by Crippen LogP contribution is -1.99. The molecule has 0 aliphatic rings. The van der Waals surface area contributed by atoms with Crippen molar-refractivity contribution in [2.24, 2.45) is 0 Å². The molecule has 0 radical (unpaired) electrons. The Bertz CT molecular complexity index is 570. The van der Waals surface area contributed by atoms with Crippen molar-refractivity contribution < 1.29 is 9.66 Å². The summed E-state index contributed by atoms with van der Waals surface area (Å²) in [5, 5.41) is 10.6. The lowest BCUT2D eigenvalue weighted by atomic mass is 10.2. The van der Waals surface area contributed by atoms with Gasteiger partial charge in [-0.15, -0.1) is 0 Å². The van der Waals surface area contributed by atoms with Crippen LogP contribution in [0.1, 0.15) is 11.1 Å². The molecule has 0 aliphatic heterocycles. The number of nitrogen functional groups attached to an aromatic ring is 1. The van der Waals surface area contributed by atoms with Crippen LogP contribution < -0.4 is 5.73 Å². The van der Waals surface area contributed by atoms with E-state index in [2.05, 4.69) is 0 Å². The first-order chi connectivity index (χ1) is 9.16. The predicted molar refractivity (Wildman–Crippen MR) is 72.4 cm³/mol. The van der Waals surface area contributed by atoms with Crippen LogP contribution in [0.3, 0.4) is 0 Å². The van der Waals surface area contributed by atoms with Crippen LogP contribution >= 0.6 is 0 Å². The Morgan fingerprint density at radius 3 is 2.37 bits per heavy atom. The molecule has 0 saturated heterocycles. The number of nitro benzene ring substituents is 1. The number of hydrogen-bond donors (Lipinski definition) is 1. The third kappa shape index (κ3) is 3.53. The van der Waals surface area contributed by atoms with Crippen LogP contribution in [0, 0.1) is 10.1 Å². The summed E-state index contributed by atoms with van der Waals surface area (Å²) in [6.07, 6.45) is 0. The minimum Gasteiger partial charge on any atom is -0.393 e. The van der Waals surface area contributed by atoms with Gasteiger partial charge in [0.2, 0.25) is 0 Å². The molecular weight excluding hydrogens is 244 g/mol. The van der Waals surface area contributed by atoms with Gasteiger partial charge in [-0.05, 0) is 23.3 Å². The molecule has 98 valence electrons. The molecule has 0 amide bonds. The highest BCUT2D eigenvalue weighted by Crippen LogP contribution is 2.22. The normalized spacial score (nSPS) is 10.3. The average Bonchev–Trinajstić information content (AvgIpc) is 2.39. The zero-order chi connectivity index (χ0) is 13.7. The number of ether oxygens (including phenoxy) is 1. The van der Waals surface area contributed by atoms with Crippen molar-refractivity contribution >= 4 is 11.4 Å². The molecule has 0 saturated carbocycles. The van der Waals surface area contributed by atoms with E-state index in [1.807, 2.05) is 30.3 Å². The van der Waals surface area contributed by atoms with E-state index < -0.39 is 4.92 Å². The van der Waals surface area contributed by atoms with Gasteiger partial charge >= 0.3 is 0 Å². The first-order valence-corrected chi connectivity index (χ1v) is 5.81. The van der Waals surface area contributed by atoms with Crippen LogP contribution in [0.4, 0.5) is 11.4 Å². The molecule has 0 unspecified atom stereocenters. The zero-order valence-corrected chi connectivity index (χ0v) is 10.3. The van der Waals surface area contributed by atoms with Gasteiger partial charge in [0.05, 0.1) is 18.1 Å². The number of nitrogens with zero attached hydrogens (tertiary/aromatic N) is 1. The van der Waals surface area contributed by atoms with Gasteiger partial charge in [0.1, 0.15) is 5.69 Å². The highest BCUT2D eigenvalue weighted by atomic mass is 16.6. The summed E-state index contributed by atoms with van der Waals surface area (Å²) in [4.78, 5) is 10.1. The first kappa shape index (κ1) is 13.0. The molecule has 19 heavy (non-hydrogen) atoms. The van der Waals surface area contributed by atoms with E-state index in [9.17, 15) is 10.1 Å². The molecular formula is C14H14N2O3. The van der Waals surface area contributed by atoms with E-state index in [4.69, 9.17) is 10.5 Å². The van der Waals surface area contributed by atoms with Crippen LogP contribution in [0.25, 0.3) is 0 Å². The molecule has 2 aromatic carbocycles. The molecule has 5 heteroatoms. The van der Waals surface area contributed by atoms with E-state index in [0.29, 0.717) is 13.2 Å². The van der Waals surface area contributed by atoms with Crippen molar-refractivity contribution in [1.82, 2.24) is 0 Å². The Balaban J connectivity index is 1.93. The molecule has 0 spiro atoms. The predicted octanol–water partition coefficient (Wildman–Crippen LogP) is 2.89. The number of nitro groups is 1. The van der Waals surface area contributed by atoms with E-state index in [1.54, 1.807) is 12.1 Å². The molecule has 0 atom stereocenters. The minimum absolute atomic E-state index is 0.0770. The molecule has 0 aliphatic carbocycles. The largest absolute Gasteiger partial charge is 0.393 e. The highest BCUT2D eigenvalue weighted by Gasteiger charge is 2.10. The maximum atomic E-state index is 10.6. The summed E-state index contributed by atoms with van der Waals surface area (Å²) in [7, 11) is 0. The highest BCUT2D eigenvalue weighted by molar-refractivity contribution is 5.59. The quantitative estimate of drug-likeness (QED) is 0.508. The number of benzene rings is 2. The summed E-state index contributed by atoms with van der Waals surface area (Å²) in [6, 6.07) is 14.4. The fraction of sp³-hybridized carbons (Fsp3) is 0.143. The molecule has 5 nitrogen and oxygen atoms in total. The third-order valence-electron chi connectivity index (χ3n) is 2.67. The van der Waals surface area contributed by atoms with Crippen molar-refractivity contribution in [2.45, 2.75) is 13.2 Å². The van der Waals surface area contributed by atoms with Crippen LogP contribution in [0.15, 0.2) is 48.5 Å². The van der Waals surface area contributed by atoms with Gasteiger partial charge < -0.3 is 10.5 Å². The van der Waals surface area contributed by atoms with Crippen molar-refractivity contribution in [2.75, 3.05) is 5.73 Å². The smallest absolute Gasteiger partial charge is 0.292 e. The Hall–Kier alpha value is -2.40. The summed E-state index contributed by atoms with van der Waals surface area (Å²) in [5.41, 5.74) is 7.59. The second-order valence-corrected chi connectivity index (χ2v) is 4.13. The number of hydrogen-bond acceptors (Lipinski definition) is 4.